The Labute approximate surface area is 175 Å². The van der Waals surface area contributed by atoms with Gasteiger partial charge in [0, 0.05) is 46.3 Å². The molecule has 152 valence electrons. The molecule has 1 aliphatic carbocycles. The average molecular weight is 481 g/mol. The number of aliphatic imine (C=N–C) groups is 1. The van der Waals surface area contributed by atoms with Crippen LogP contribution in [0.25, 0.3) is 0 Å². The summed E-state index contributed by atoms with van der Waals surface area (Å²) in [5.41, 5.74) is -0.425. The summed E-state index contributed by atoms with van der Waals surface area (Å²) < 4.78 is 5.43. The van der Waals surface area contributed by atoms with Crippen molar-refractivity contribution in [2.75, 3.05) is 52.9 Å². The molecule has 2 N–H and O–H groups in total. The Hall–Kier alpha value is -0.770. The number of carbonyl (C=O) groups excluding carboxylic acids is 1. The Morgan fingerprint density at radius 3 is 2.35 bits per heavy atom. The number of hydrogen-bond acceptors (Lipinski definition) is 4. The van der Waals surface area contributed by atoms with Crippen molar-refractivity contribution < 1.29 is 9.53 Å². The molecule has 1 amide bonds. The van der Waals surface area contributed by atoms with Gasteiger partial charge in [-0.1, -0.05) is 0 Å². The molecule has 7 nitrogen and oxygen atoms in total. The van der Waals surface area contributed by atoms with Crippen LogP contribution in [0.2, 0.25) is 0 Å². The van der Waals surface area contributed by atoms with E-state index in [-0.39, 0.29) is 30.1 Å². The van der Waals surface area contributed by atoms with E-state index in [9.17, 15) is 4.79 Å². The van der Waals surface area contributed by atoms with Crippen molar-refractivity contribution in [3.8, 4) is 0 Å². The zero-order valence-corrected chi connectivity index (χ0v) is 19.0. The first-order chi connectivity index (χ1) is 11.9. The molecule has 26 heavy (non-hydrogen) atoms. The van der Waals surface area contributed by atoms with Gasteiger partial charge in [-0.25, -0.2) is 4.79 Å². The zero-order valence-electron chi connectivity index (χ0n) is 16.7. The molecule has 0 aromatic heterocycles. The van der Waals surface area contributed by atoms with Crippen LogP contribution in [0.15, 0.2) is 4.99 Å². The maximum atomic E-state index is 12.1. The van der Waals surface area contributed by atoms with Gasteiger partial charge in [0.05, 0.1) is 0 Å². The number of rotatable bonds is 6. The summed E-state index contributed by atoms with van der Waals surface area (Å²) in [4.78, 5) is 20.5. The van der Waals surface area contributed by atoms with Gasteiger partial charge in [0.25, 0.3) is 0 Å². The summed E-state index contributed by atoms with van der Waals surface area (Å²) in [7, 11) is 1.82. The summed E-state index contributed by atoms with van der Waals surface area (Å²) in [5, 5.41) is 6.75. The molecule has 0 aromatic carbocycles. The fourth-order valence-electron chi connectivity index (χ4n) is 2.77. The molecule has 2 rings (SSSR count). The second-order valence-electron chi connectivity index (χ2n) is 7.99. The molecule has 1 saturated heterocycles. The lowest BCUT2D eigenvalue weighted by Crippen LogP contribution is -2.50. The number of guanidine groups is 1. The summed E-state index contributed by atoms with van der Waals surface area (Å²) in [6, 6.07) is 0. The standard InChI is InChI=1S/C18H35N5O2.HI/c1-18(2,3)25-17(24)23-12-10-22(11-13-23)9-5-8-20-16(19-4)21-14-15-6-7-15;/h15H,5-14H2,1-4H3,(H2,19,20,21);1H. The molecule has 0 radical (unpaired) electrons. The predicted molar refractivity (Wildman–Crippen MR) is 116 cm³/mol. The van der Waals surface area contributed by atoms with Gasteiger partial charge in [0.15, 0.2) is 5.96 Å². The van der Waals surface area contributed by atoms with Gasteiger partial charge in [-0.2, -0.15) is 0 Å². The molecule has 1 saturated carbocycles. The van der Waals surface area contributed by atoms with E-state index in [1.807, 2.05) is 32.7 Å². The van der Waals surface area contributed by atoms with Crippen LogP contribution in [-0.4, -0.2) is 80.3 Å². The largest absolute Gasteiger partial charge is 0.444 e. The lowest BCUT2D eigenvalue weighted by molar-refractivity contribution is 0.0145. The fourth-order valence-corrected chi connectivity index (χ4v) is 2.77. The van der Waals surface area contributed by atoms with Gasteiger partial charge in [-0.15, -0.1) is 24.0 Å². The lowest BCUT2D eigenvalue weighted by atomic mass is 10.2. The zero-order chi connectivity index (χ0) is 18.3. The highest BCUT2D eigenvalue weighted by Crippen LogP contribution is 2.27. The minimum Gasteiger partial charge on any atom is -0.444 e. The van der Waals surface area contributed by atoms with Crippen LogP contribution in [0.4, 0.5) is 4.79 Å². The van der Waals surface area contributed by atoms with E-state index in [4.69, 9.17) is 4.74 Å². The van der Waals surface area contributed by atoms with Gasteiger partial charge in [-0.3, -0.25) is 9.89 Å². The first kappa shape index (κ1) is 23.3. The van der Waals surface area contributed by atoms with Crippen LogP contribution >= 0.6 is 24.0 Å². The van der Waals surface area contributed by atoms with Gasteiger partial charge >= 0.3 is 6.09 Å². The Kier molecular flexibility index (Phi) is 9.99. The topological polar surface area (TPSA) is 69.2 Å². The summed E-state index contributed by atoms with van der Waals surface area (Å²) in [6.45, 7) is 12.0. The average Bonchev–Trinajstić information content (AvgIpc) is 3.37. The second-order valence-corrected chi connectivity index (χ2v) is 7.99. The number of carbonyl (C=O) groups is 1. The van der Waals surface area contributed by atoms with Crippen molar-refractivity contribution in [3.05, 3.63) is 0 Å². The molecule has 0 spiro atoms. The molecule has 0 atom stereocenters. The molecular formula is C18H36IN5O2. The Morgan fingerprint density at radius 1 is 1.15 bits per heavy atom. The molecular weight excluding hydrogens is 445 g/mol. The van der Waals surface area contributed by atoms with Gasteiger partial charge < -0.3 is 20.3 Å². The third-order valence-electron chi connectivity index (χ3n) is 4.45. The lowest BCUT2D eigenvalue weighted by Gasteiger charge is -2.35. The minimum absolute atomic E-state index is 0. The molecule has 1 aliphatic heterocycles. The van der Waals surface area contributed by atoms with E-state index < -0.39 is 5.60 Å². The first-order valence-electron chi connectivity index (χ1n) is 9.52. The minimum atomic E-state index is -0.425. The molecule has 0 bridgehead atoms. The van der Waals surface area contributed by atoms with Crippen molar-refractivity contribution >= 4 is 36.0 Å². The summed E-state index contributed by atoms with van der Waals surface area (Å²) in [5.74, 6) is 1.75. The Morgan fingerprint density at radius 2 is 1.81 bits per heavy atom. The highest BCUT2D eigenvalue weighted by Gasteiger charge is 2.25. The number of hydrogen-bond donors (Lipinski definition) is 2. The third-order valence-corrected chi connectivity index (χ3v) is 4.45. The molecule has 2 fully saturated rings. The van der Waals surface area contributed by atoms with Crippen molar-refractivity contribution in [1.82, 2.24) is 20.4 Å². The summed E-state index contributed by atoms with van der Waals surface area (Å²) in [6.07, 6.45) is 3.56. The summed E-state index contributed by atoms with van der Waals surface area (Å²) >= 11 is 0. The Bertz CT molecular complexity index is 455. The second kappa shape index (κ2) is 11.2. The number of nitrogens with zero attached hydrogens (tertiary/aromatic N) is 3. The van der Waals surface area contributed by atoms with Crippen molar-refractivity contribution in [2.45, 2.75) is 45.6 Å². The number of nitrogens with one attached hydrogen (secondary N) is 2. The maximum Gasteiger partial charge on any atom is 0.410 e. The van der Waals surface area contributed by atoms with Crippen LogP contribution in [-0.2, 0) is 4.74 Å². The van der Waals surface area contributed by atoms with Crippen LogP contribution in [0.1, 0.15) is 40.0 Å². The highest BCUT2D eigenvalue weighted by molar-refractivity contribution is 14.0. The number of halogens is 1. The van der Waals surface area contributed by atoms with E-state index in [2.05, 4.69) is 20.5 Å². The monoisotopic (exact) mass is 481 g/mol. The Balaban J connectivity index is 0.00000338. The van der Waals surface area contributed by atoms with E-state index >= 15 is 0 Å². The normalized spacial score (nSPS) is 18.9. The van der Waals surface area contributed by atoms with Gasteiger partial charge in [0.2, 0.25) is 0 Å². The van der Waals surface area contributed by atoms with E-state index in [0.717, 1.165) is 64.1 Å². The first-order valence-corrected chi connectivity index (χ1v) is 9.52. The highest BCUT2D eigenvalue weighted by atomic mass is 127. The van der Waals surface area contributed by atoms with Crippen molar-refractivity contribution in [2.24, 2.45) is 10.9 Å². The SMILES string of the molecule is CN=C(NCCCN1CCN(C(=O)OC(C)(C)C)CC1)NCC1CC1.I. The van der Waals surface area contributed by atoms with E-state index in [1.54, 1.807) is 0 Å². The smallest absolute Gasteiger partial charge is 0.410 e. The van der Waals surface area contributed by atoms with Crippen LogP contribution in [0.3, 0.4) is 0 Å². The van der Waals surface area contributed by atoms with E-state index in [1.165, 1.54) is 12.8 Å². The number of ether oxygens (including phenoxy) is 1. The third kappa shape index (κ3) is 9.25. The fraction of sp³-hybridized carbons (Fsp3) is 0.889. The number of piperazine rings is 1. The van der Waals surface area contributed by atoms with Gasteiger partial charge in [0.1, 0.15) is 5.60 Å². The van der Waals surface area contributed by atoms with Crippen LogP contribution in [0.5, 0.6) is 0 Å². The van der Waals surface area contributed by atoms with Crippen molar-refractivity contribution in [3.63, 3.8) is 0 Å². The quantitative estimate of drug-likeness (QED) is 0.263. The molecule has 1 heterocycles. The molecule has 0 aromatic rings. The van der Waals surface area contributed by atoms with Crippen molar-refractivity contribution in [1.29, 1.82) is 0 Å². The molecule has 2 aliphatic rings. The number of amides is 1. The van der Waals surface area contributed by atoms with E-state index in [0.29, 0.717) is 0 Å². The van der Waals surface area contributed by atoms with Crippen LogP contribution in [0, 0.1) is 5.92 Å². The van der Waals surface area contributed by atoms with Gasteiger partial charge in [-0.05, 0) is 52.5 Å². The van der Waals surface area contributed by atoms with Crippen LogP contribution < -0.4 is 10.6 Å². The maximum absolute atomic E-state index is 12.1. The molecule has 0 unspecified atom stereocenters. The molecule has 8 heteroatoms. The predicted octanol–water partition coefficient (Wildman–Crippen LogP) is 2.12.